The summed E-state index contributed by atoms with van der Waals surface area (Å²) in [5, 5.41) is 2.81. The van der Waals surface area contributed by atoms with E-state index in [0.29, 0.717) is 29.7 Å². The number of nitrogens with zero attached hydrogens (tertiary/aromatic N) is 3. The van der Waals surface area contributed by atoms with Crippen LogP contribution in [0.3, 0.4) is 0 Å². The average molecular weight is 495 g/mol. The number of imidazole rings is 1. The Hall–Kier alpha value is -3.76. The first-order valence-corrected chi connectivity index (χ1v) is 11.6. The van der Waals surface area contributed by atoms with Crippen molar-refractivity contribution >= 4 is 40.2 Å². The molecular weight excluding hydrogens is 460 g/mol. The highest BCUT2D eigenvalue weighted by molar-refractivity contribution is 5.97. The molecule has 0 radical (unpaired) electrons. The number of likely N-dealkylation sites (N-methyl/N-ethyl adjacent to an activating group) is 2. The second-order valence-electron chi connectivity index (χ2n) is 9.98. The van der Waals surface area contributed by atoms with Crippen molar-refractivity contribution in [1.29, 1.82) is 0 Å². The van der Waals surface area contributed by atoms with Gasteiger partial charge in [0, 0.05) is 18.4 Å². The molecule has 36 heavy (non-hydrogen) atoms. The molecule has 3 aromatic rings. The van der Waals surface area contributed by atoms with Gasteiger partial charge in [-0.3, -0.25) is 9.59 Å². The number of anilines is 2. The van der Waals surface area contributed by atoms with Gasteiger partial charge in [-0.15, -0.1) is 0 Å². The summed E-state index contributed by atoms with van der Waals surface area (Å²) < 4.78 is 5.35. The molecule has 10 heteroatoms. The summed E-state index contributed by atoms with van der Waals surface area (Å²) in [6.07, 6.45) is 0.296. The number of esters is 1. The molecule has 0 saturated carbocycles. The van der Waals surface area contributed by atoms with Crippen LogP contribution in [0.4, 0.5) is 11.4 Å². The van der Waals surface area contributed by atoms with Gasteiger partial charge >= 0.3 is 5.97 Å². The smallest absolute Gasteiger partial charge is 0.374 e. The van der Waals surface area contributed by atoms with Crippen LogP contribution in [0.15, 0.2) is 42.5 Å². The summed E-state index contributed by atoms with van der Waals surface area (Å²) in [5.74, 6) is -0.858. The lowest BCUT2D eigenvalue weighted by molar-refractivity contribution is -0.119. The van der Waals surface area contributed by atoms with Crippen LogP contribution < -0.4 is 16.0 Å². The maximum Gasteiger partial charge on any atom is 0.374 e. The summed E-state index contributed by atoms with van der Waals surface area (Å²) in [4.78, 5) is 48.0. The Bertz CT molecular complexity index is 1260. The third-order valence-corrected chi connectivity index (χ3v) is 5.26. The van der Waals surface area contributed by atoms with Crippen LogP contribution in [0.2, 0.25) is 0 Å². The Morgan fingerprint density at radius 2 is 1.83 bits per heavy atom. The van der Waals surface area contributed by atoms with E-state index in [2.05, 4.69) is 15.3 Å². The van der Waals surface area contributed by atoms with E-state index < -0.39 is 17.6 Å². The number of aromatic amines is 1. The molecule has 1 heterocycles. The lowest BCUT2D eigenvalue weighted by Crippen LogP contribution is -2.37. The number of H-pyrrole nitrogens is 1. The van der Waals surface area contributed by atoms with Gasteiger partial charge in [0.05, 0.1) is 23.6 Å². The highest BCUT2D eigenvalue weighted by Crippen LogP contribution is 2.20. The minimum absolute atomic E-state index is 0.0387. The number of carbonyl (C=O) groups is 3. The fourth-order valence-electron chi connectivity index (χ4n) is 3.50. The van der Waals surface area contributed by atoms with Crippen molar-refractivity contribution in [3.63, 3.8) is 0 Å². The molecule has 0 spiro atoms. The third-order valence-electron chi connectivity index (χ3n) is 5.26. The first-order valence-electron chi connectivity index (χ1n) is 11.6. The van der Waals surface area contributed by atoms with Crippen molar-refractivity contribution in [2.24, 2.45) is 5.73 Å². The van der Waals surface area contributed by atoms with Crippen molar-refractivity contribution < 1.29 is 19.1 Å². The number of hydrogen-bond donors (Lipinski definition) is 3. The second-order valence-corrected chi connectivity index (χ2v) is 9.98. The number of benzene rings is 2. The highest BCUT2D eigenvalue weighted by atomic mass is 16.6. The molecule has 0 bridgehead atoms. The van der Waals surface area contributed by atoms with Crippen LogP contribution in [0, 0.1) is 0 Å². The SMILES string of the molecule is CN(C)CC(=O)N(C)c1cccc(CC(N)C(=O)Nc2ccc3nc(C(=O)OC(C)(C)C)[nH]c3c2)c1. The van der Waals surface area contributed by atoms with Gasteiger partial charge in [-0.05, 0) is 77.2 Å². The molecule has 1 atom stereocenters. The van der Waals surface area contributed by atoms with Crippen molar-refractivity contribution in [3.8, 4) is 0 Å². The zero-order valence-electron chi connectivity index (χ0n) is 21.6. The van der Waals surface area contributed by atoms with Gasteiger partial charge in [-0.2, -0.15) is 0 Å². The molecule has 192 valence electrons. The van der Waals surface area contributed by atoms with Gasteiger partial charge in [0.2, 0.25) is 17.6 Å². The first kappa shape index (κ1) is 26.8. The molecule has 0 aliphatic heterocycles. The summed E-state index contributed by atoms with van der Waals surface area (Å²) in [7, 11) is 5.39. The molecule has 0 aliphatic carbocycles. The molecule has 3 rings (SSSR count). The standard InChI is InChI=1S/C26H34N6O4/c1-26(2,3)36-25(35)23-29-20-11-10-17(14-21(20)30-23)28-24(34)19(27)13-16-8-7-9-18(12-16)32(6)22(33)15-31(4)5/h7-12,14,19H,13,15,27H2,1-6H3,(H,28,34)(H,29,30). The van der Waals surface area contributed by atoms with Crippen LogP contribution in [-0.2, 0) is 20.7 Å². The molecule has 0 fully saturated rings. The predicted octanol–water partition coefficient (Wildman–Crippen LogP) is 2.55. The van der Waals surface area contributed by atoms with E-state index in [4.69, 9.17) is 10.5 Å². The Labute approximate surface area is 210 Å². The second kappa shape index (κ2) is 10.9. The van der Waals surface area contributed by atoms with Crippen LogP contribution >= 0.6 is 0 Å². The summed E-state index contributed by atoms with van der Waals surface area (Å²) in [6.45, 7) is 5.64. The first-order chi connectivity index (χ1) is 16.8. The Kier molecular flexibility index (Phi) is 8.11. The van der Waals surface area contributed by atoms with Crippen molar-refractivity contribution in [2.45, 2.75) is 38.8 Å². The summed E-state index contributed by atoms with van der Waals surface area (Å²) in [5.41, 5.74) is 8.79. The van der Waals surface area contributed by atoms with Crippen LogP contribution in [0.5, 0.6) is 0 Å². The average Bonchev–Trinajstić information content (AvgIpc) is 3.21. The number of aromatic nitrogens is 2. The molecular formula is C26H34N6O4. The normalized spacial score (nSPS) is 12.4. The Balaban J connectivity index is 1.65. The zero-order valence-corrected chi connectivity index (χ0v) is 21.6. The lowest BCUT2D eigenvalue weighted by Gasteiger charge is -2.21. The van der Waals surface area contributed by atoms with E-state index in [0.717, 1.165) is 11.3 Å². The van der Waals surface area contributed by atoms with Crippen LogP contribution in [-0.4, -0.2) is 72.0 Å². The van der Waals surface area contributed by atoms with E-state index in [-0.39, 0.29) is 17.6 Å². The molecule has 1 aromatic heterocycles. The van der Waals surface area contributed by atoms with Gasteiger partial charge in [-0.25, -0.2) is 9.78 Å². The van der Waals surface area contributed by atoms with E-state index >= 15 is 0 Å². The monoisotopic (exact) mass is 494 g/mol. The maximum absolute atomic E-state index is 12.8. The number of amides is 2. The van der Waals surface area contributed by atoms with Crippen molar-refractivity contribution in [1.82, 2.24) is 14.9 Å². The maximum atomic E-state index is 12.8. The Morgan fingerprint density at radius 1 is 1.11 bits per heavy atom. The third kappa shape index (κ3) is 7.12. The molecule has 2 aromatic carbocycles. The molecule has 0 saturated heterocycles. The van der Waals surface area contributed by atoms with E-state index in [1.807, 2.05) is 43.3 Å². The molecule has 4 N–H and O–H groups in total. The lowest BCUT2D eigenvalue weighted by atomic mass is 10.0. The van der Waals surface area contributed by atoms with E-state index in [9.17, 15) is 14.4 Å². The molecule has 1 unspecified atom stereocenters. The largest absolute Gasteiger partial charge is 0.454 e. The number of nitrogens with one attached hydrogen (secondary N) is 2. The molecule has 10 nitrogen and oxygen atoms in total. The van der Waals surface area contributed by atoms with Crippen LogP contribution in [0.25, 0.3) is 11.0 Å². The van der Waals surface area contributed by atoms with Crippen molar-refractivity contribution in [3.05, 3.63) is 53.9 Å². The number of ether oxygens (including phenoxy) is 1. The Morgan fingerprint density at radius 3 is 2.50 bits per heavy atom. The number of rotatable bonds is 8. The van der Waals surface area contributed by atoms with E-state index in [1.54, 1.807) is 50.9 Å². The highest BCUT2D eigenvalue weighted by Gasteiger charge is 2.21. The number of carbonyl (C=O) groups excluding carboxylic acids is 3. The predicted molar refractivity (Wildman–Crippen MR) is 140 cm³/mol. The minimum atomic E-state index is -0.808. The van der Waals surface area contributed by atoms with Gasteiger partial charge in [0.1, 0.15) is 5.60 Å². The molecule has 0 aliphatic rings. The summed E-state index contributed by atoms with van der Waals surface area (Å²) in [6, 6.07) is 11.7. The van der Waals surface area contributed by atoms with Crippen LogP contribution in [0.1, 0.15) is 37.0 Å². The topological polar surface area (TPSA) is 134 Å². The number of hydrogen-bond acceptors (Lipinski definition) is 7. The zero-order chi connectivity index (χ0) is 26.6. The van der Waals surface area contributed by atoms with E-state index in [1.165, 1.54) is 0 Å². The van der Waals surface area contributed by atoms with Gasteiger partial charge in [0.15, 0.2) is 0 Å². The number of fused-ring (bicyclic) bond motifs is 1. The molecule has 2 amide bonds. The van der Waals surface area contributed by atoms with Gasteiger partial charge in [0.25, 0.3) is 0 Å². The minimum Gasteiger partial charge on any atom is -0.454 e. The van der Waals surface area contributed by atoms with Gasteiger partial charge < -0.3 is 30.6 Å². The fraction of sp³-hybridized carbons (Fsp3) is 0.385. The van der Waals surface area contributed by atoms with Crippen molar-refractivity contribution in [2.75, 3.05) is 37.9 Å². The quantitative estimate of drug-likeness (QED) is 0.410. The van der Waals surface area contributed by atoms with Gasteiger partial charge in [-0.1, -0.05) is 12.1 Å². The number of nitrogens with two attached hydrogens (primary N) is 1. The summed E-state index contributed by atoms with van der Waals surface area (Å²) >= 11 is 0. The fourth-order valence-corrected chi connectivity index (χ4v) is 3.50.